The van der Waals surface area contributed by atoms with Crippen LogP contribution < -0.4 is 5.48 Å². The van der Waals surface area contributed by atoms with Gasteiger partial charge < -0.3 is 4.84 Å². The number of benzene rings is 1. The first kappa shape index (κ1) is 9.64. The first-order valence-electron chi connectivity index (χ1n) is 3.44. The van der Waals surface area contributed by atoms with E-state index in [2.05, 4.69) is 26.2 Å². The van der Waals surface area contributed by atoms with E-state index in [1.54, 1.807) is 12.1 Å². The molecule has 0 aliphatic rings. The van der Waals surface area contributed by atoms with E-state index in [-0.39, 0.29) is 5.82 Å². The van der Waals surface area contributed by atoms with Gasteiger partial charge in [-0.2, -0.15) is 5.48 Å². The van der Waals surface area contributed by atoms with Gasteiger partial charge in [0.2, 0.25) is 0 Å². The molecule has 2 nitrogen and oxygen atoms in total. The molecule has 0 amide bonds. The minimum Gasteiger partial charge on any atom is -0.305 e. The summed E-state index contributed by atoms with van der Waals surface area (Å²) in [6, 6.07) is 4.91. The van der Waals surface area contributed by atoms with Crippen molar-refractivity contribution in [3.05, 3.63) is 34.1 Å². The third-order valence-electron chi connectivity index (χ3n) is 1.42. The molecule has 0 aliphatic carbocycles. The Hall–Kier alpha value is -0.450. The molecule has 0 saturated carbocycles. The molecule has 0 spiro atoms. The predicted molar refractivity (Wildman–Crippen MR) is 47.9 cm³/mol. The Morgan fingerprint density at radius 2 is 2.33 bits per heavy atom. The van der Waals surface area contributed by atoms with Crippen LogP contribution >= 0.6 is 15.9 Å². The van der Waals surface area contributed by atoms with Crippen molar-refractivity contribution < 1.29 is 9.23 Å². The van der Waals surface area contributed by atoms with Crippen LogP contribution in [0.2, 0.25) is 0 Å². The Kier molecular flexibility index (Phi) is 3.65. The van der Waals surface area contributed by atoms with Crippen molar-refractivity contribution in [2.24, 2.45) is 0 Å². The molecule has 0 fully saturated rings. The van der Waals surface area contributed by atoms with Crippen LogP contribution in [0.4, 0.5) is 4.39 Å². The molecule has 0 unspecified atom stereocenters. The molecule has 1 aromatic carbocycles. The zero-order valence-corrected chi connectivity index (χ0v) is 8.19. The standard InChI is InChI=1S/C8H9BrFNO/c1-12-11-5-6-2-3-7(9)4-8(6)10/h2-4,11H,5H2,1H3. The van der Waals surface area contributed by atoms with Crippen LogP contribution in [0, 0.1) is 5.82 Å². The topological polar surface area (TPSA) is 21.3 Å². The van der Waals surface area contributed by atoms with E-state index in [0.717, 1.165) is 4.47 Å². The van der Waals surface area contributed by atoms with Gasteiger partial charge in [-0.25, -0.2) is 4.39 Å². The van der Waals surface area contributed by atoms with E-state index < -0.39 is 0 Å². The van der Waals surface area contributed by atoms with E-state index in [4.69, 9.17) is 0 Å². The van der Waals surface area contributed by atoms with Crippen molar-refractivity contribution in [2.75, 3.05) is 7.11 Å². The quantitative estimate of drug-likeness (QED) is 0.809. The average molecular weight is 234 g/mol. The monoisotopic (exact) mass is 233 g/mol. The lowest BCUT2D eigenvalue weighted by Gasteiger charge is -2.03. The number of halogens is 2. The number of hydrogen-bond donors (Lipinski definition) is 1. The lowest BCUT2D eigenvalue weighted by molar-refractivity contribution is 0.0859. The lowest BCUT2D eigenvalue weighted by Crippen LogP contribution is -2.11. The van der Waals surface area contributed by atoms with Gasteiger partial charge in [-0.1, -0.05) is 22.0 Å². The Labute approximate surface area is 78.8 Å². The van der Waals surface area contributed by atoms with E-state index >= 15 is 0 Å². The largest absolute Gasteiger partial charge is 0.305 e. The maximum absolute atomic E-state index is 13.0. The minimum absolute atomic E-state index is 0.242. The summed E-state index contributed by atoms with van der Waals surface area (Å²) >= 11 is 3.17. The van der Waals surface area contributed by atoms with Crippen molar-refractivity contribution in [3.8, 4) is 0 Å². The maximum atomic E-state index is 13.0. The van der Waals surface area contributed by atoms with Crippen molar-refractivity contribution >= 4 is 15.9 Å². The van der Waals surface area contributed by atoms with Crippen molar-refractivity contribution in [1.29, 1.82) is 0 Å². The van der Waals surface area contributed by atoms with Crippen LogP contribution in [-0.4, -0.2) is 7.11 Å². The zero-order valence-electron chi connectivity index (χ0n) is 6.60. The van der Waals surface area contributed by atoms with Gasteiger partial charge in [0.15, 0.2) is 0 Å². The Bertz CT molecular complexity index is 267. The van der Waals surface area contributed by atoms with E-state index in [9.17, 15) is 4.39 Å². The van der Waals surface area contributed by atoms with E-state index in [1.807, 2.05) is 0 Å². The lowest BCUT2D eigenvalue weighted by atomic mass is 10.2. The van der Waals surface area contributed by atoms with Gasteiger partial charge in [-0.3, -0.25) is 0 Å². The molecule has 0 saturated heterocycles. The molecular formula is C8H9BrFNO. The Balaban J connectivity index is 2.72. The van der Waals surface area contributed by atoms with Crippen LogP contribution in [0.5, 0.6) is 0 Å². The molecule has 1 N–H and O–H groups in total. The van der Waals surface area contributed by atoms with E-state index in [0.29, 0.717) is 12.1 Å². The molecule has 0 atom stereocenters. The van der Waals surface area contributed by atoms with Gasteiger partial charge in [-0.05, 0) is 12.1 Å². The normalized spacial score (nSPS) is 10.2. The third-order valence-corrected chi connectivity index (χ3v) is 1.92. The fraction of sp³-hybridized carbons (Fsp3) is 0.250. The minimum atomic E-state index is -0.242. The summed E-state index contributed by atoms with van der Waals surface area (Å²) in [5, 5.41) is 0. The van der Waals surface area contributed by atoms with E-state index in [1.165, 1.54) is 13.2 Å². The summed E-state index contributed by atoms with van der Waals surface area (Å²) in [4.78, 5) is 4.60. The molecular weight excluding hydrogens is 225 g/mol. The fourth-order valence-electron chi connectivity index (χ4n) is 0.815. The highest BCUT2D eigenvalue weighted by molar-refractivity contribution is 9.10. The van der Waals surface area contributed by atoms with Gasteiger partial charge in [0, 0.05) is 16.6 Å². The van der Waals surface area contributed by atoms with Gasteiger partial charge in [0.05, 0.1) is 7.11 Å². The SMILES string of the molecule is CONCc1ccc(Br)cc1F. The number of hydroxylamine groups is 1. The second kappa shape index (κ2) is 4.54. The molecule has 0 bridgehead atoms. The summed E-state index contributed by atoms with van der Waals surface area (Å²) < 4.78 is 13.8. The molecule has 0 radical (unpaired) electrons. The van der Waals surface area contributed by atoms with Gasteiger partial charge in [0.1, 0.15) is 5.82 Å². The first-order valence-corrected chi connectivity index (χ1v) is 4.23. The average Bonchev–Trinajstić information content (AvgIpc) is 2.03. The van der Waals surface area contributed by atoms with Crippen molar-refractivity contribution in [3.63, 3.8) is 0 Å². The number of hydrogen-bond acceptors (Lipinski definition) is 2. The maximum Gasteiger partial charge on any atom is 0.128 e. The predicted octanol–water partition coefficient (Wildman–Crippen LogP) is 2.24. The number of nitrogens with one attached hydrogen (secondary N) is 1. The van der Waals surface area contributed by atoms with Gasteiger partial charge in [0.25, 0.3) is 0 Å². The first-order chi connectivity index (χ1) is 5.74. The third kappa shape index (κ3) is 2.55. The van der Waals surface area contributed by atoms with Crippen LogP contribution in [0.1, 0.15) is 5.56 Å². The molecule has 0 aromatic heterocycles. The highest BCUT2D eigenvalue weighted by atomic mass is 79.9. The smallest absolute Gasteiger partial charge is 0.128 e. The molecule has 0 aliphatic heterocycles. The van der Waals surface area contributed by atoms with Crippen LogP contribution in [0.3, 0.4) is 0 Å². The molecule has 0 heterocycles. The second-order valence-electron chi connectivity index (χ2n) is 2.26. The second-order valence-corrected chi connectivity index (χ2v) is 3.18. The summed E-state index contributed by atoms with van der Waals surface area (Å²) in [5.41, 5.74) is 3.15. The highest BCUT2D eigenvalue weighted by Crippen LogP contribution is 2.14. The summed E-state index contributed by atoms with van der Waals surface area (Å²) in [6.45, 7) is 0.371. The Morgan fingerprint density at radius 1 is 1.58 bits per heavy atom. The summed E-state index contributed by atoms with van der Waals surface area (Å²) in [6.07, 6.45) is 0. The van der Waals surface area contributed by atoms with Crippen molar-refractivity contribution in [2.45, 2.75) is 6.54 Å². The van der Waals surface area contributed by atoms with Crippen molar-refractivity contribution in [1.82, 2.24) is 5.48 Å². The molecule has 4 heteroatoms. The van der Waals surface area contributed by atoms with Gasteiger partial charge in [-0.15, -0.1) is 0 Å². The zero-order chi connectivity index (χ0) is 8.97. The summed E-state index contributed by atoms with van der Waals surface area (Å²) in [7, 11) is 1.50. The fourth-order valence-corrected chi connectivity index (χ4v) is 1.15. The molecule has 1 aromatic rings. The molecule has 66 valence electrons. The highest BCUT2D eigenvalue weighted by Gasteiger charge is 2.00. The van der Waals surface area contributed by atoms with Crippen LogP contribution in [-0.2, 0) is 11.4 Å². The van der Waals surface area contributed by atoms with Crippen LogP contribution in [0.15, 0.2) is 22.7 Å². The molecule has 1 rings (SSSR count). The molecule has 12 heavy (non-hydrogen) atoms. The van der Waals surface area contributed by atoms with Crippen LogP contribution in [0.25, 0.3) is 0 Å². The Morgan fingerprint density at radius 3 is 2.92 bits per heavy atom. The van der Waals surface area contributed by atoms with Gasteiger partial charge >= 0.3 is 0 Å². The number of rotatable bonds is 3. The summed E-state index contributed by atoms with van der Waals surface area (Å²) in [5.74, 6) is -0.242.